The van der Waals surface area contributed by atoms with Crippen LogP contribution in [0.15, 0.2) is 36.5 Å². The van der Waals surface area contributed by atoms with Gasteiger partial charge in [-0.1, -0.05) is 6.92 Å². The smallest absolute Gasteiger partial charge is 0.224 e. The molecule has 1 saturated carbocycles. The van der Waals surface area contributed by atoms with E-state index in [2.05, 4.69) is 23.3 Å². The second-order valence-corrected chi connectivity index (χ2v) is 7.80. The second kappa shape index (κ2) is 6.70. The van der Waals surface area contributed by atoms with Crippen LogP contribution in [0.2, 0.25) is 0 Å². The standard InChI is InChI=1S/C22H24N4O/c1-13-8-9-24-20(10-13)25-21-14(2)22(17-5-6-17)26(15(3)27)19-7-4-16(12-23)11-18(19)21/h4,7-11,14,17,21-22H,5-6H2,1-3H3,(H,24,25)/t14-,21-,22-/m1/s1. The van der Waals surface area contributed by atoms with Crippen LogP contribution in [0.5, 0.6) is 0 Å². The Morgan fingerprint density at radius 3 is 2.70 bits per heavy atom. The Kier molecular flexibility index (Phi) is 4.35. The molecule has 0 saturated heterocycles. The van der Waals surface area contributed by atoms with Gasteiger partial charge in [-0.05, 0) is 67.1 Å². The topological polar surface area (TPSA) is 69.0 Å². The summed E-state index contributed by atoms with van der Waals surface area (Å²) in [6, 6.07) is 12.1. The first-order valence-electron chi connectivity index (χ1n) is 9.52. The zero-order valence-corrected chi connectivity index (χ0v) is 15.9. The second-order valence-electron chi connectivity index (χ2n) is 7.80. The average molecular weight is 360 g/mol. The molecule has 138 valence electrons. The summed E-state index contributed by atoms with van der Waals surface area (Å²) >= 11 is 0. The molecule has 27 heavy (non-hydrogen) atoms. The van der Waals surface area contributed by atoms with E-state index in [0.717, 1.165) is 22.6 Å². The number of hydrogen-bond donors (Lipinski definition) is 1. The van der Waals surface area contributed by atoms with Crippen LogP contribution in [0.3, 0.4) is 0 Å². The first-order chi connectivity index (χ1) is 13.0. The van der Waals surface area contributed by atoms with Crippen LogP contribution in [-0.4, -0.2) is 16.9 Å². The number of amides is 1. The Morgan fingerprint density at radius 1 is 1.30 bits per heavy atom. The number of benzene rings is 1. The number of rotatable bonds is 3. The lowest BCUT2D eigenvalue weighted by atomic mass is 9.79. The van der Waals surface area contributed by atoms with Crippen LogP contribution in [0.1, 0.15) is 49.4 Å². The van der Waals surface area contributed by atoms with Gasteiger partial charge in [-0.3, -0.25) is 4.79 Å². The number of nitriles is 1. The Hall–Kier alpha value is -2.87. The summed E-state index contributed by atoms with van der Waals surface area (Å²) in [4.78, 5) is 19.0. The molecule has 0 spiro atoms. The molecule has 4 rings (SSSR count). The number of nitrogens with zero attached hydrogens (tertiary/aromatic N) is 3. The number of carbonyl (C=O) groups is 1. The van der Waals surface area contributed by atoms with Crippen molar-refractivity contribution < 1.29 is 4.79 Å². The number of carbonyl (C=O) groups excluding carboxylic acids is 1. The zero-order valence-electron chi connectivity index (χ0n) is 15.9. The molecule has 0 unspecified atom stereocenters. The Labute approximate surface area is 160 Å². The quantitative estimate of drug-likeness (QED) is 0.891. The fraction of sp³-hybridized carbons (Fsp3) is 0.409. The van der Waals surface area contributed by atoms with Crippen molar-refractivity contribution in [3.05, 3.63) is 53.2 Å². The largest absolute Gasteiger partial charge is 0.363 e. The summed E-state index contributed by atoms with van der Waals surface area (Å²) in [7, 11) is 0. The van der Waals surface area contributed by atoms with Gasteiger partial charge in [0.2, 0.25) is 5.91 Å². The summed E-state index contributed by atoms with van der Waals surface area (Å²) in [6.45, 7) is 5.89. The summed E-state index contributed by atoms with van der Waals surface area (Å²) in [5.41, 5.74) is 3.67. The maximum atomic E-state index is 12.5. The highest BCUT2D eigenvalue weighted by atomic mass is 16.2. The number of anilines is 2. The predicted octanol–water partition coefficient (Wildman–Crippen LogP) is 4.20. The summed E-state index contributed by atoms with van der Waals surface area (Å²) in [5.74, 6) is 1.65. The Morgan fingerprint density at radius 2 is 2.07 bits per heavy atom. The Balaban J connectivity index is 1.82. The van der Waals surface area contributed by atoms with Crippen LogP contribution in [0.4, 0.5) is 11.5 Å². The normalized spacial score (nSPS) is 24.1. The van der Waals surface area contributed by atoms with Crippen molar-refractivity contribution in [3.8, 4) is 6.07 Å². The molecule has 0 radical (unpaired) electrons. The molecule has 5 heteroatoms. The first kappa shape index (κ1) is 17.5. The van der Waals surface area contributed by atoms with Gasteiger partial charge in [0.15, 0.2) is 0 Å². The Bertz CT molecular complexity index is 928. The summed E-state index contributed by atoms with van der Waals surface area (Å²) in [6.07, 6.45) is 4.14. The van der Waals surface area contributed by atoms with Crippen molar-refractivity contribution in [2.75, 3.05) is 10.2 Å². The fourth-order valence-electron chi connectivity index (χ4n) is 4.41. The van der Waals surface area contributed by atoms with E-state index in [1.807, 2.05) is 36.1 Å². The van der Waals surface area contributed by atoms with E-state index in [0.29, 0.717) is 11.5 Å². The van der Waals surface area contributed by atoms with Gasteiger partial charge in [0.05, 0.1) is 17.7 Å². The average Bonchev–Trinajstić information content (AvgIpc) is 3.47. The van der Waals surface area contributed by atoms with Gasteiger partial charge in [0, 0.05) is 30.8 Å². The highest BCUT2D eigenvalue weighted by Crippen LogP contribution is 2.50. The van der Waals surface area contributed by atoms with Crippen molar-refractivity contribution >= 4 is 17.4 Å². The molecule has 2 aliphatic rings. The monoisotopic (exact) mass is 360 g/mol. The molecule has 2 heterocycles. The van der Waals surface area contributed by atoms with E-state index in [1.165, 1.54) is 12.8 Å². The van der Waals surface area contributed by atoms with E-state index >= 15 is 0 Å². The summed E-state index contributed by atoms with van der Waals surface area (Å²) in [5, 5.41) is 13.0. The van der Waals surface area contributed by atoms with Gasteiger partial charge in [0.25, 0.3) is 0 Å². The van der Waals surface area contributed by atoms with Crippen molar-refractivity contribution in [3.63, 3.8) is 0 Å². The number of aromatic nitrogens is 1. The van der Waals surface area contributed by atoms with Crippen LogP contribution in [0.25, 0.3) is 0 Å². The van der Waals surface area contributed by atoms with Gasteiger partial charge in [-0.25, -0.2) is 4.98 Å². The first-order valence-corrected chi connectivity index (χ1v) is 9.52. The lowest BCUT2D eigenvalue weighted by Gasteiger charge is -2.45. The molecule has 2 aromatic rings. The molecular weight excluding hydrogens is 336 g/mol. The third-order valence-electron chi connectivity index (χ3n) is 5.78. The molecule has 1 fully saturated rings. The van der Waals surface area contributed by atoms with E-state index < -0.39 is 0 Å². The van der Waals surface area contributed by atoms with Gasteiger partial charge < -0.3 is 10.2 Å². The number of pyridine rings is 1. The molecule has 1 aliphatic carbocycles. The maximum absolute atomic E-state index is 12.5. The molecule has 0 bridgehead atoms. The van der Waals surface area contributed by atoms with E-state index in [-0.39, 0.29) is 23.9 Å². The predicted molar refractivity (Wildman–Crippen MR) is 105 cm³/mol. The number of hydrogen-bond acceptors (Lipinski definition) is 4. The molecular formula is C22H24N4O. The molecule has 1 aromatic carbocycles. The van der Waals surface area contributed by atoms with Crippen molar-refractivity contribution in [2.45, 2.75) is 45.7 Å². The molecule has 1 aromatic heterocycles. The van der Waals surface area contributed by atoms with Crippen molar-refractivity contribution in [1.29, 1.82) is 5.26 Å². The lowest BCUT2D eigenvalue weighted by Crippen LogP contribution is -2.51. The minimum atomic E-state index is 0.00352. The minimum Gasteiger partial charge on any atom is -0.363 e. The number of aryl methyl sites for hydroxylation is 1. The van der Waals surface area contributed by atoms with Gasteiger partial charge >= 0.3 is 0 Å². The third kappa shape index (κ3) is 3.16. The third-order valence-corrected chi connectivity index (χ3v) is 5.78. The number of nitrogens with one attached hydrogen (secondary N) is 1. The van der Waals surface area contributed by atoms with Crippen LogP contribution in [0, 0.1) is 30.1 Å². The number of fused-ring (bicyclic) bond motifs is 1. The molecule has 3 atom stereocenters. The SMILES string of the molecule is CC(=O)N1c2ccc(C#N)cc2[C@H](Nc2cc(C)ccn2)[C@@H](C)[C@@H]1C1CC1. The van der Waals surface area contributed by atoms with Crippen LogP contribution >= 0.6 is 0 Å². The van der Waals surface area contributed by atoms with Gasteiger partial charge in [-0.15, -0.1) is 0 Å². The lowest BCUT2D eigenvalue weighted by molar-refractivity contribution is -0.117. The van der Waals surface area contributed by atoms with Crippen molar-refractivity contribution in [2.24, 2.45) is 11.8 Å². The molecule has 1 N–H and O–H groups in total. The van der Waals surface area contributed by atoms with Crippen LogP contribution < -0.4 is 10.2 Å². The van der Waals surface area contributed by atoms with Crippen molar-refractivity contribution in [1.82, 2.24) is 4.98 Å². The molecule has 5 nitrogen and oxygen atoms in total. The minimum absolute atomic E-state index is 0.00352. The van der Waals surface area contributed by atoms with Crippen LogP contribution in [-0.2, 0) is 4.79 Å². The fourth-order valence-corrected chi connectivity index (χ4v) is 4.41. The summed E-state index contributed by atoms with van der Waals surface area (Å²) < 4.78 is 0. The maximum Gasteiger partial charge on any atom is 0.224 e. The zero-order chi connectivity index (χ0) is 19.1. The van der Waals surface area contributed by atoms with Gasteiger partial charge in [-0.2, -0.15) is 5.26 Å². The highest BCUT2D eigenvalue weighted by molar-refractivity contribution is 5.94. The van der Waals surface area contributed by atoms with E-state index in [9.17, 15) is 10.1 Å². The molecule has 1 aliphatic heterocycles. The molecule has 1 amide bonds. The highest BCUT2D eigenvalue weighted by Gasteiger charge is 2.47. The van der Waals surface area contributed by atoms with E-state index in [4.69, 9.17) is 0 Å². The van der Waals surface area contributed by atoms with Gasteiger partial charge in [0.1, 0.15) is 5.82 Å². The van der Waals surface area contributed by atoms with E-state index in [1.54, 1.807) is 19.2 Å².